The van der Waals surface area contributed by atoms with Gasteiger partial charge in [0, 0.05) is 12.6 Å². The molecule has 0 aliphatic heterocycles. The lowest BCUT2D eigenvalue weighted by Gasteiger charge is -2.04. The molecule has 0 spiro atoms. The molecule has 0 radical (unpaired) electrons. The lowest BCUT2D eigenvalue weighted by Crippen LogP contribution is -1.96. The van der Waals surface area contributed by atoms with Crippen molar-refractivity contribution in [2.75, 3.05) is 13.7 Å². The van der Waals surface area contributed by atoms with Crippen molar-refractivity contribution in [1.29, 1.82) is 0 Å². The second-order valence-electron chi connectivity index (χ2n) is 4.65. The number of pyridine rings is 1. The number of hydrogen-bond acceptors (Lipinski definition) is 6. The number of phosphoric acid groups is 1. The largest absolute Gasteiger partial charge is 0.503 e. The summed E-state index contributed by atoms with van der Waals surface area (Å²) in [6.07, 6.45) is 10.4. The molecule has 1 unspecified atom stereocenters. The number of carbonyl (C=O) groups excluding carboxylic acids is 1. The van der Waals surface area contributed by atoms with Crippen LogP contribution in [0.25, 0.3) is 12.2 Å². The zero-order valence-electron chi connectivity index (χ0n) is 15.6. The van der Waals surface area contributed by atoms with Gasteiger partial charge in [0.15, 0.2) is 0 Å². The number of phosphoric ester groups is 1. The van der Waals surface area contributed by atoms with E-state index < -0.39 is 7.82 Å². The van der Waals surface area contributed by atoms with Crippen LogP contribution >= 0.6 is 7.82 Å². The Labute approximate surface area is 154 Å². The predicted octanol–water partition coefficient (Wildman–Crippen LogP) is 4.10. The van der Waals surface area contributed by atoms with Gasteiger partial charge in [-0.1, -0.05) is 29.0 Å². The molecule has 1 heterocycles. The first-order chi connectivity index (χ1) is 12.4. The average Bonchev–Trinajstić information content (AvgIpc) is 2.63. The Balaban J connectivity index is 0. The van der Waals surface area contributed by atoms with Crippen LogP contribution in [-0.2, 0) is 18.6 Å². The highest BCUT2D eigenvalue weighted by Gasteiger charge is 2.21. The molecule has 1 atom stereocenters. The van der Waals surface area contributed by atoms with Gasteiger partial charge in [-0.2, -0.15) is 0 Å². The number of Topliss-reactive ketones (excluding diaryl/α,β-unsaturated/α-hetero) is 1. The molecule has 0 saturated heterocycles. The molecule has 26 heavy (non-hydrogen) atoms. The molecule has 1 rings (SSSR count). The fourth-order valence-corrected chi connectivity index (χ4v) is 1.97. The Morgan fingerprint density at radius 2 is 1.96 bits per heavy atom. The van der Waals surface area contributed by atoms with E-state index in [0.717, 1.165) is 11.3 Å². The smallest absolute Gasteiger partial charge is 0.333 e. The molecule has 7 nitrogen and oxygen atoms in total. The van der Waals surface area contributed by atoms with Crippen molar-refractivity contribution in [2.24, 2.45) is 5.73 Å². The average molecular weight is 390 g/mol. The molecule has 0 fully saturated rings. The number of hydrogen-bond donors (Lipinski definition) is 2. The van der Waals surface area contributed by atoms with E-state index in [1.807, 2.05) is 44.3 Å². The zero-order chi connectivity index (χ0) is 20.4. The Hall–Kier alpha value is -1.70. The number of allylic oxidation sites excluding steroid dienone is 2. The standard InChI is InChI=1S/C11H13N.C5H10FO5P.CH5N/c1-3-6-10-8-5-9-12-11(10)7-4-2;1-5(7)3-2-4-10-12(8,9)11-6;1-2/h3-9H,1-2H3;2-4H2,1H3,(H,8,9);2H2,1H3/b6-3-,7-4-;;. The molecule has 1 aromatic rings. The summed E-state index contributed by atoms with van der Waals surface area (Å²) in [5.41, 5.74) is 6.69. The summed E-state index contributed by atoms with van der Waals surface area (Å²) in [5.74, 6) is -0.0625. The van der Waals surface area contributed by atoms with Crippen molar-refractivity contribution in [3.05, 3.63) is 41.7 Å². The van der Waals surface area contributed by atoms with Crippen molar-refractivity contribution in [2.45, 2.75) is 33.6 Å². The number of ketones is 1. The van der Waals surface area contributed by atoms with E-state index in [9.17, 15) is 13.9 Å². The molecular formula is C17H28FN2O5P. The highest BCUT2D eigenvalue weighted by Crippen LogP contribution is 2.43. The van der Waals surface area contributed by atoms with Gasteiger partial charge in [0.2, 0.25) is 0 Å². The molecule has 0 aliphatic rings. The van der Waals surface area contributed by atoms with Gasteiger partial charge >= 0.3 is 7.82 Å². The molecule has 148 valence electrons. The number of halogens is 1. The molecule has 9 heteroatoms. The molecule has 0 aliphatic carbocycles. The summed E-state index contributed by atoms with van der Waals surface area (Å²) in [6.45, 7) is 5.20. The Bertz CT molecular complexity index is 578. The van der Waals surface area contributed by atoms with Gasteiger partial charge in [0.25, 0.3) is 0 Å². The maximum absolute atomic E-state index is 11.2. The number of nitrogens with two attached hydrogens (primary N) is 1. The van der Waals surface area contributed by atoms with Gasteiger partial charge < -0.3 is 15.4 Å². The van der Waals surface area contributed by atoms with Crippen molar-refractivity contribution >= 4 is 25.8 Å². The van der Waals surface area contributed by atoms with Gasteiger partial charge in [-0.25, -0.2) is 4.57 Å². The fourth-order valence-electron chi connectivity index (χ4n) is 1.57. The van der Waals surface area contributed by atoms with Crippen LogP contribution in [0.2, 0.25) is 0 Å². The lowest BCUT2D eigenvalue weighted by atomic mass is 10.1. The minimum atomic E-state index is -4.51. The molecule has 0 saturated carbocycles. The summed E-state index contributed by atoms with van der Waals surface area (Å²) in [4.78, 5) is 22.9. The van der Waals surface area contributed by atoms with Gasteiger partial charge in [0.05, 0.1) is 12.3 Å². The second kappa shape index (κ2) is 16.8. The van der Waals surface area contributed by atoms with E-state index in [2.05, 4.69) is 32.1 Å². The van der Waals surface area contributed by atoms with Crippen LogP contribution < -0.4 is 5.73 Å². The maximum atomic E-state index is 11.2. The molecular weight excluding hydrogens is 362 g/mol. The van der Waals surface area contributed by atoms with Gasteiger partial charge in [-0.15, -0.1) is 0 Å². The molecule has 1 aromatic heterocycles. The minimum absolute atomic E-state index is 0.0625. The molecule has 0 aromatic carbocycles. The maximum Gasteiger partial charge on any atom is 0.503 e. The zero-order valence-corrected chi connectivity index (χ0v) is 16.5. The highest BCUT2D eigenvalue weighted by molar-refractivity contribution is 7.47. The summed E-state index contributed by atoms with van der Waals surface area (Å²) < 4.78 is 28.2. The van der Waals surface area contributed by atoms with E-state index in [4.69, 9.17) is 4.89 Å². The Morgan fingerprint density at radius 1 is 1.35 bits per heavy atom. The Morgan fingerprint density at radius 3 is 2.46 bits per heavy atom. The van der Waals surface area contributed by atoms with Gasteiger partial charge in [-0.05, 0) is 56.5 Å². The van der Waals surface area contributed by atoms with Crippen LogP contribution in [0.3, 0.4) is 0 Å². The van der Waals surface area contributed by atoms with Crippen LogP contribution in [-0.4, -0.2) is 29.3 Å². The summed E-state index contributed by atoms with van der Waals surface area (Å²) in [7, 11) is -3.01. The van der Waals surface area contributed by atoms with Crippen molar-refractivity contribution < 1.29 is 28.0 Å². The monoisotopic (exact) mass is 390 g/mol. The third-order valence-corrected chi connectivity index (χ3v) is 3.24. The number of rotatable bonds is 8. The van der Waals surface area contributed by atoms with Gasteiger partial charge in [0.1, 0.15) is 5.78 Å². The van der Waals surface area contributed by atoms with Crippen LogP contribution in [0.15, 0.2) is 30.5 Å². The van der Waals surface area contributed by atoms with Gasteiger partial charge in [-0.3, -0.25) is 9.51 Å². The van der Waals surface area contributed by atoms with E-state index in [-0.39, 0.29) is 25.2 Å². The predicted molar refractivity (Wildman–Crippen MR) is 102 cm³/mol. The SMILES string of the molecule is C/C=C\c1cccnc1/C=C\C.CC(=O)CCCOP(=O)(O)OF.CN. The fraction of sp³-hybridized carbons (Fsp3) is 0.412. The number of aromatic nitrogens is 1. The van der Waals surface area contributed by atoms with Crippen molar-refractivity contribution in [3.8, 4) is 0 Å². The van der Waals surface area contributed by atoms with E-state index >= 15 is 0 Å². The third kappa shape index (κ3) is 14.6. The Kier molecular flexibility index (Phi) is 17.1. The van der Waals surface area contributed by atoms with Crippen molar-refractivity contribution in [3.63, 3.8) is 0 Å². The normalized spacial score (nSPS) is 12.7. The molecule has 0 amide bonds. The summed E-state index contributed by atoms with van der Waals surface area (Å²) in [6, 6.07) is 4.00. The van der Waals surface area contributed by atoms with Crippen molar-refractivity contribution in [1.82, 2.24) is 4.98 Å². The third-order valence-electron chi connectivity index (χ3n) is 2.56. The van der Waals surface area contributed by atoms with Crippen LogP contribution in [0, 0.1) is 0 Å². The summed E-state index contributed by atoms with van der Waals surface area (Å²) in [5, 5.41) is 0. The quantitative estimate of drug-likeness (QED) is 0.508. The van der Waals surface area contributed by atoms with Crippen LogP contribution in [0.1, 0.15) is 44.9 Å². The molecule has 0 bridgehead atoms. The van der Waals surface area contributed by atoms with E-state index in [0.29, 0.717) is 0 Å². The number of carbonyl (C=O) groups is 1. The first-order valence-electron chi connectivity index (χ1n) is 7.91. The topological polar surface area (TPSA) is 112 Å². The first kappa shape index (κ1) is 26.5. The van der Waals surface area contributed by atoms with E-state index in [1.54, 1.807) is 0 Å². The lowest BCUT2D eigenvalue weighted by molar-refractivity contribution is -0.117. The van der Waals surface area contributed by atoms with E-state index in [1.165, 1.54) is 14.0 Å². The number of nitrogens with zero attached hydrogens (tertiary/aromatic N) is 1. The van der Waals surface area contributed by atoms with Crippen LogP contribution in [0.4, 0.5) is 4.53 Å². The first-order valence-corrected chi connectivity index (χ1v) is 9.41. The summed E-state index contributed by atoms with van der Waals surface area (Å²) >= 11 is 0. The second-order valence-corrected chi connectivity index (χ2v) is 5.99. The molecule has 3 N–H and O–H groups in total. The van der Waals surface area contributed by atoms with Crippen LogP contribution in [0.5, 0.6) is 0 Å². The highest BCUT2D eigenvalue weighted by atomic mass is 31.2. The minimum Gasteiger partial charge on any atom is -0.333 e.